The summed E-state index contributed by atoms with van der Waals surface area (Å²) in [6.45, 7) is -5.21. The van der Waals surface area contributed by atoms with E-state index in [-0.39, 0.29) is 0 Å². The summed E-state index contributed by atoms with van der Waals surface area (Å²) in [6.07, 6.45) is -55.5. The van der Waals surface area contributed by atoms with Crippen molar-refractivity contribution in [3.05, 3.63) is 0 Å². The van der Waals surface area contributed by atoms with Crippen molar-refractivity contribution in [2.24, 2.45) is 0 Å². The smallest absolute Gasteiger partial charge is 0.187 e. The molecule has 0 aliphatic carbocycles. The molecule has 6 aliphatic heterocycles. The van der Waals surface area contributed by atoms with Crippen LogP contribution >= 0.6 is 0 Å². The summed E-state index contributed by atoms with van der Waals surface area (Å²) < 4.78 is 60.2. The normalized spacial score (nSPS) is 53.4. The van der Waals surface area contributed by atoms with E-state index in [1.807, 2.05) is 0 Å². The van der Waals surface area contributed by atoms with Gasteiger partial charge in [0.05, 0.1) is 39.6 Å². The molecule has 20 N–H and O–H groups in total. The maximum atomic E-state index is 11.1. The van der Waals surface area contributed by atoms with Crippen molar-refractivity contribution in [1.29, 1.82) is 0 Å². The summed E-state index contributed by atoms with van der Waals surface area (Å²) in [6, 6.07) is 0. The number of hydrogen-bond acceptors (Lipinski definition) is 31. The average Bonchev–Trinajstić information content (AvgIpc) is 3.32. The number of hydrogen-bond donors (Lipinski definition) is 20. The first-order chi connectivity index (χ1) is 31.7. The summed E-state index contributed by atoms with van der Waals surface area (Å²) in [5, 5.41) is 208. The predicted molar refractivity (Wildman–Crippen MR) is 199 cm³/mol. The number of aliphatic hydroxyl groups is 20. The second-order valence-electron chi connectivity index (χ2n) is 16.8. The highest BCUT2D eigenvalue weighted by atomic mass is 16.8. The molecule has 31 nitrogen and oxygen atoms in total. The van der Waals surface area contributed by atoms with E-state index >= 15 is 0 Å². The van der Waals surface area contributed by atoms with Crippen molar-refractivity contribution < 1.29 is 154 Å². The molecule has 0 radical (unpaired) electrons. The van der Waals surface area contributed by atoms with Gasteiger partial charge in [0.25, 0.3) is 0 Å². The van der Waals surface area contributed by atoms with Crippen LogP contribution in [0.2, 0.25) is 0 Å². The Balaban J connectivity index is 1.04. The Bertz CT molecular complexity index is 1500. The quantitative estimate of drug-likeness (QED) is 0.0683. The van der Waals surface area contributed by atoms with E-state index in [4.69, 9.17) is 52.1 Å². The lowest BCUT2D eigenvalue weighted by atomic mass is 9.96. The van der Waals surface area contributed by atoms with Crippen LogP contribution in [0.3, 0.4) is 0 Å². The fourth-order valence-corrected chi connectivity index (χ4v) is 8.31. The molecule has 1 unspecified atom stereocenters. The first kappa shape index (κ1) is 55.1. The highest BCUT2D eigenvalue weighted by Crippen LogP contribution is 2.34. The van der Waals surface area contributed by atoms with Crippen LogP contribution in [0.15, 0.2) is 0 Å². The Kier molecular flexibility index (Phi) is 19.4. The van der Waals surface area contributed by atoms with Crippen LogP contribution in [0.5, 0.6) is 0 Å². The molecule has 6 aliphatic rings. The highest BCUT2D eigenvalue weighted by molar-refractivity contribution is 4.98. The van der Waals surface area contributed by atoms with Gasteiger partial charge in [-0.2, -0.15) is 0 Å². The molecule has 0 bridgehead atoms. The van der Waals surface area contributed by atoms with Crippen LogP contribution in [0, 0.1) is 0 Å². The first-order valence-electron chi connectivity index (χ1n) is 21.1. The third kappa shape index (κ3) is 11.5. The minimum absolute atomic E-state index is 0.795. The van der Waals surface area contributed by atoms with Gasteiger partial charge < -0.3 is 154 Å². The summed E-state index contributed by atoms with van der Waals surface area (Å²) in [5.41, 5.74) is 0. The summed E-state index contributed by atoms with van der Waals surface area (Å²) in [5.74, 6) is 0. The molecule has 0 saturated carbocycles. The van der Waals surface area contributed by atoms with E-state index in [1.54, 1.807) is 0 Å². The SMILES string of the molecule is OC[C@H]1O[C@H](O[C@H]2[C@H](O)[C@@H](O)[C@@H](OC[C@H]3O[C@H](OC[C@H]4O[C@H](O[C@H]5[C@H](O)[C@@H](O)[C@@H](O[C@H]6[C@H](O)[C@@H](O)C(O)O[C@@H]6CO)O[C@@H]5CO)[C@H](O)[C@@H](O)[C@@H]4O)[C@H](O)[C@@H](O)[C@@H]3O)O[C@@H]2CO)[C@H](O)[C@@H](O)[C@@H]1O. The minimum atomic E-state index is -2.09. The van der Waals surface area contributed by atoms with E-state index in [9.17, 15) is 102 Å². The third-order valence-electron chi connectivity index (χ3n) is 12.4. The van der Waals surface area contributed by atoms with Crippen molar-refractivity contribution >= 4 is 0 Å². The highest BCUT2D eigenvalue weighted by Gasteiger charge is 2.55. The fraction of sp³-hybridized carbons (Fsp3) is 1.00. The molecule has 30 atom stereocenters. The molecule has 6 fully saturated rings. The molecular weight excluding hydrogens is 928 g/mol. The van der Waals surface area contributed by atoms with Gasteiger partial charge in [-0.1, -0.05) is 0 Å². The zero-order chi connectivity index (χ0) is 49.3. The van der Waals surface area contributed by atoms with Crippen LogP contribution in [-0.2, 0) is 52.1 Å². The summed E-state index contributed by atoms with van der Waals surface area (Å²) in [4.78, 5) is 0. The molecule has 6 rings (SSSR count). The van der Waals surface area contributed by atoms with Gasteiger partial charge in [-0.15, -0.1) is 0 Å². The lowest BCUT2D eigenvalue weighted by molar-refractivity contribution is -0.380. The van der Waals surface area contributed by atoms with E-state index in [0.29, 0.717) is 0 Å². The van der Waals surface area contributed by atoms with Crippen LogP contribution < -0.4 is 0 Å². The van der Waals surface area contributed by atoms with E-state index in [2.05, 4.69) is 0 Å². The van der Waals surface area contributed by atoms with E-state index < -0.39 is 224 Å². The maximum Gasteiger partial charge on any atom is 0.187 e. The van der Waals surface area contributed by atoms with Crippen molar-refractivity contribution in [1.82, 2.24) is 0 Å². The topological polar surface area (TPSA) is 506 Å². The molecule has 0 aromatic carbocycles. The molecule has 6 saturated heterocycles. The van der Waals surface area contributed by atoms with Gasteiger partial charge in [-0.3, -0.25) is 0 Å². The molecule has 0 amide bonds. The molecule has 0 aromatic heterocycles. The van der Waals surface area contributed by atoms with Crippen molar-refractivity contribution in [3.63, 3.8) is 0 Å². The molecule has 6 heterocycles. The van der Waals surface area contributed by atoms with Gasteiger partial charge in [0, 0.05) is 0 Å². The fourth-order valence-electron chi connectivity index (χ4n) is 8.31. The Hall–Kier alpha value is -1.24. The van der Waals surface area contributed by atoms with Gasteiger partial charge in [0.1, 0.15) is 146 Å². The Morgan fingerprint density at radius 3 is 0.925 bits per heavy atom. The van der Waals surface area contributed by atoms with Crippen LogP contribution in [0.1, 0.15) is 0 Å². The molecule has 0 spiro atoms. The van der Waals surface area contributed by atoms with Crippen molar-refractivity contribution in [3.8, 4) is 0 Å². The number of rotatable bonds is 16. The second-order valence-corrected chi connectivity index (χ2v) is 16.8. The Labute approximate surface area is 378 Å². The van der Waals surface area contributed by atoms with Gasteiger partial charge in [0.15, 0.2) is 37.7 Å². The van der Waals surface area contributed by atoms with Crippen molar-refractivity contribution in [2.45, 2.75) is 184 Å². The lowest BCUT2D eigenvalue weighted by Gasteiger charge is -2.48. The number of ether oxygens (including phenoxy) is 11. The first-order valence-corrected chi connectivity index (χ1v) is 21.1. The van der Waals surface area contributed by atoms with Crippen molar-refractivity contribution in [2.75, 3.05) is 39.6 Å². The Morgan fingerprint density at radius 2 is 0.522 bits per heavy atom. The summed E-state index contributed by atoms with van der Waals surface area (Å²) >= 11 is 0. The van der Waals surface area contributed by atoms with Gasteiger partial charge in [-0.05, 0) is 0 Å². The van der Waals surface area contributed by atoms with Crippen LogP contribution in [0.25, 0.3) is 0 Å². The standard InChI is InChI=1S/C36H62O31/c37-1-7-13(41)16(44)24(52)34(60-7)66-29-9(3-39)61-33(26(54)20(29)48)58-5-11-14(42)17(45)23(51)32(63-11)57-6-12-15(43)18(46)25(53)35(64-12)67-30-10(4-40)62-36(27(55)21(30)49)65-28-8(2-38)59-31(56)22(50)19(28)47/h7-56H,1-6H2/t7-,8-,9-,10-,11-,12-,13-,14-,15-,16+,17+,18+,19-,20-,21-,22-,23-,24-,25-,26-,27-,28-,29-,30-,31?,32+,33+,34-,35-,36-/m1/s1. The molecule has 31 heteroatoms. The largest absolute Gasteiger partial charge is 0.394 e. The second kappa shape index (κ2) is 23.5. The number of aliphatic hydroxyl groups excluding tert-OH is 20. The van der Waals surface area contributed by atoms with Gasteiger partial charge in [-0.25, -0.2) is 0 Å². The zero-order valence-corrected chi connectivity index (χ0v) is 35.0. The van der Waals surface area contributed by atoms with Crippen LogP contribution in [0.4, 0.5) is 0 Å². The molecule has 67 heavy (non-hydrogen) atoms. The Morgan fingerprint density at radius 1 is 0.254 bits per heavy atom. The third-order valence-corrected chi connectivity index (χ3v) is 12.4. The van der Waals surface area contributed by atoms with Gasteiger partial charge >= 0.3 is 0 Å². The van der Waals surface area contributed by atoms with E-state index in [1.165, 1.54) is 0 Å². The zero-order valence-electron chi connectivity index (χ0n) is 35.0. The minimum Gasteiger partial charge on any atom is -0.394 e. The molecule has 0 aromatic rings. The molecular formula is C36H62O31. The van der Waals surface area contributed by atoms with Gasteiger partial charge in [0.2, 0.25) is 0 Å². The monoisotopic (exact) mass is 990 g/mol. The van der Waals surface area contributed by atoms with E-state index in [0.717, 1.165) is 0 Å². The van der Waals surface area contributed by atoms with Crippen LogP contribution in [-0.4, -0.2) is 326 Å². The average molecular weight is 991 g/mol. The lowest BCUT2D eigenvalue weighted by Crippen LogP contribution is -2.66. The summed E-state index contributed by atoms with van der Waals surface area (Å²) in [7, 11) is 0. The molecule has 392 valence electrons. The maximum absolute atomic E-state index is 11.1. The predicted octanol–water partition coefficient (Wildman–Crippen LogP) is -14.1.